The van der Waals surface area contributed by atoms with Crippen molar-refractivity contribution in [3.05, 3.63) is 71.9 Å². The van der Waals surface area contributed by atoms with Gasteiger partial charge in [-0.2, -0.15) is 13.2 Å². The number of hydrogen-bond acceptors (Lipinski definition) is 0. The van der Waals surface area contributed by atoms with Gasteiger partial charge in [-0.25, -0.2) is 0 Å². The Hall–Kier alpha value is -1.94. The Kier molecular flexibility index (Phi) is 4.28. The van der Waals surface area contributed by atoms with Crippen LogP contribution < -0.4 is 0 Å². The fraction of sp³-hybridized carbons (Fsp3) is 0.125. The second-order valence-electron chi connectivity index (χ2n) is 4.70. The number of alkyl halides is 3. The van der Waals surface area contributed by atoms with Crippen LogP contribution >= 0.6 is 12.4 Å². The molecule has 1 heterocycles. The van der Waals surface area contributed by atoms with Gasteiger partial charge in [-0.05, 0) is 35.2 Å². The van der Waals surface area contributed by atoms with E-state index in [1.54, 1.807) is 0 Å². The van der Waals surface area contributed by atoms with E-state index < -0.39 is 11.7 Å². The molecule has 0 saturated carbocycles. The first-order valence-electron chi connectivity index (χ1n) is 6.24. The molecule has 0 unspecified atom stereocenters. The zero-order valence-electron chi connectivity index (χ0n) is 11.0. The molecule has 0 bridgehead atoms. The van der Waals surface area contributed by atoms with Gasteiger partial charge in [0.2, 0.25) is 0 Å². The van der Waals surface area contributed by atoms with Crippen LogP contribution in [0.2, 0.25) is 0 Å². The zero-order valence-corrected chi connectivity index (χ0v) is 11.8. The third kappa shape index (κ3) is 3.22. The number of hydrogen-bond donors (Lipinski definition) is 0. The standard InChI is InChI=1S/C16H12F3N.ClH/c17-16(18,19)14-7-5-12(6-8-14)11-20-10-9-13-3-1-2-4-15(13)20;/h1-10H,11H2;1H. The Bertz CT molecular complexity index is 729. The van der Waals surface area contributed by atoms with Crippen LogP contribution in [0.3, 0.4) is 0 Å². The van der Waals surface area contributed by atoms with Gasteiger partial charge in [-0.15, -0.1) is 12.4 Å². The molecule has 5 heteroatoms. The van der Waals surface area contributed by atoms with Gasteiger partial charge in [0.15, 0.2) is 0 Å². The first-order valence-corrected chi connectivity index (χ1v) is 6.24. The minimum absolute atomic E-state index is 0. The Balaban J connectivity index is 0.00000161. The molecular weight excluding hydrogens is 299 g/mol. The van der Waals surface area contributed by atoms with Crippen molar-refractivity contribution in [2.24, 2.45) is 0 Å². The third-order valence-corrected chi connectivity index (χ3v) is 3.31. The summed E-state index contributed by atoms with van der Waals surface area (Å²) in [5, 5.41) is 1.12. The minimum atomic E-state index is -4.28. The van der Waals surface area contributed by atoms with Crippen molar-refractivity contribution >= 4 is 23.3 Å². The lowest BCUT2D eigenvalue weighted by atomic mass is 10.1. The fourth-order valence-corrected chi connectivity index (χ4v) is 2.27. The van der Waals surface area contributed by atoms with E-state index in [0.717, 1.165) is 28.6 Å². The lowest BCUT2D eigenvalue weighted by molar-refractivity contribution is -0.137. The molecule has 1 aromatic heterocycles. The summed E-state index contributed by atoms with van der Waals surface area (Å²) in [5.41, 5.74) is 1.31. The van der Waals surface area contributed by atoms with Crippen LogP contribution in [0.5, 0.6) is 0 Å². The number of nitrogens with zero attached hydrogens (tertiary/aromatic N) is 1. The molecule has 0 radical (unpaired) electrons. The van der Waals surface area contributed by atoms with Crippen molar-refractivity contribution in [2.75, 3.05) is 0 Å². The smallest absolute Gasteiger partial charge is 0.343 e. The van der Waals surface area contributed by atoms with Crippen LogP contribution in [0.4, 0.5) is 13.2 Å². The van der Waals surface area contributed by atoms with E-state index in [9.17, 15) is 13.2 Å². The van der Waals surface area contributed by atoms with Gasteiger partial charge in [0, 0.05) is 18.3 Å². The molecule has 1 nitrogen and oxygen atoms in total. The average molecular weight is 312 g/mol. The van der Waals surface area contributed by atoms with Gasteiger partial charge in [-0.1, -0.05) is 30.3 Å². The largest absolute Gasteiger partial charge is 0.416 e. The van der Waals surface area contributed by atoms with Gasteiger partial charge in [-0.3, -0.25) is 0 Å². The summed E-state index contributed by atoms with van der Waals surface area (Å²) in [7, 11) is 0. The van der Waals surface area contributed by atoms with Crippen molar-refractivity contribution in [1.82, 2.24) is 4.57 Å². The predicted octanol–water partition coefficient (Wildman–Crippen LogP) is 5.13. The SMILES string of the molecule is Cl.FC(F)(F)c1ccc(Cn2ccc3ccccc32)cc1. The number of rotatable bonds is 2. The van der Waals surface area contributed by atoms with Crippen molar-refractivity contribution in [2.45, 2.75) is 12.7 Å². The van der Waals surface area contributed by atoms with E-state index in [2.05, 4.69) is 0 Å². The highest BCUT2D eigenvalue weighted by Gasteiger charge is 2.29. The number of aromatic nitrogens is 1. The molecule has 0 N–H and O–H groups in total. The van der Waals surface area contributed by atoms with Crippen molar-refractivity contribution < 1.29 is 13.2 Å². The highest BCUT2D eigenvalue weighted by atomic mass is 35.5. The molecular formula is C16H13ClF3N. The van der Waals surface area contributed by atoms with E-state index in [-0.39, 0.29) is 12.4 Å². The molecule has 0 atom stereocenters. The number of benzene rings is 2. The first-order chi connectivity index (χ1) is 9.54. The quantitative estimate of drug-likeness (QED) is 0.618. The molecule has 0 aliphatic rings. The van der Waals surface area contributed by atoms with Crippen LogP contribution in [-0.4, -0.2) is 4.57 Å². The molecule has 0 aliphatic carbocycles. The van der Waals surface area contributed by atoms with E-state index in [4.69, 9.17) is 0 Å². The van der Waals surface area contributed by atoms with E-state index in [0.29, 0.717) is 6.54 Å². The van der Waals surface area contributed by atoms with Crippen LogP contribution in [0.25, 0.3) is 10.9 Å². The van der Waals surface area contributed by atoms with Crippen molar-refractivity contribution in [3.8, 4) is 0 Å². The molecule has 3 aromatic rings. The molecule has 0 spiro atoms. The molecule has 0 saturated heterocycles. The summed E-state index contributed by atoms with van der Waals surface area (Å²) in [5.74, 6) is 0. The minimum Gasteiger partial charge on any atom is -0.343 e. The van der Waals surface area contributed by atoms with Crippen molar-refractivity contribution in [3.63, 3.8) is 0 Å². The Labute approximate surface area is 126 Å². The highest BCUT2D eigenvalue weighted by molar-refractivity contribution is 5.85. The van der Waals surface area contributed by atoms with Gasteiger partial charge < -0.3 is 4.57 Å². The van der Waals surface area contributed by atoms with Gasteiger partial charge in [0.05, 0.1) is 5.56 Å². The van der Waals surface area contributed by atoms with Gasteiger partial charge in [0.25, 0.3) is 0 Å². The summed E-state index contributed by atoms with van der Waals surface area (Å²) >= 11 is 0. The van der Waals surface area contributed by atoms with Crippen LogP contribution in [0.1, 0.15) is 11.1 Å². The lowest BCUT2D eigenvalue weighted by Gasteiger charge is -2.09. The van der Waals surface area contributed by atoms with E-state index >= 15 is 0 Å². The van der Waals surface area contributed by atoms with Crippen LogP contribution in [0.15, 0.2) is 60.8 Å². The summed E-state index contributed by atoms with van der Waals surface area (Å²) in [6, 6.07) is 15.2. The maximum Gasteiger partial charge on any atom is 0.416 e. The Morgan fingerprint density at radius 2 is 1.52 bits per heavy atom. The topological polar surface area (TPSA) is 4.93 Å². The van der Waals surface area contributed by atoms with E-state index in [1.165, 1.54) is 12.1 Å². The monoisotopic (exact) mass is 311 g/mol. The fourth-order valence-electron chi connectivity index (χ4n) is 2.27. The lowest BCUT2D eigenvalue weighted by Crippen LogP contribution is -2.05. The molecule has 110 valence electrons. The molecule has 2 aromatic carbocycles. The second-order valence-corrected chi connectivity index (χ2v) is 4.70. The molecule has 21 heavy (non-hydrogen) atoms. The van der Waals surface area contributed by atoms with Crippen molar-refractivity contribution in [1.29, 1.82) is 0 Å². The maximum atomic E-state index is 12.5. The molecule has 3 rings (SSSR count). The summed E-state index contributed by atoms with van der Waals surface area (Å²) in [6.45, 7) is 0.561. The Morgan fingerprint density at radius 1 is 0.857 bits per heavy atom. The highest BCUT2D eigenvalue weighted by Crippen LogP contribution is 2.29. The molecule has 0 amide bonds. The maximum absolute atomic E-state index is 12.5. The second kappa shape index (κ2) is 5.82. The normalized spacial score (nSPS) is 11.4. The van der Waals surface area contributed by atoms with E-state index in [1.807, 2.05) is 41.1 Å². The third-order valence-electron chi connectivity index (χ3n) is 3.31. The number of para-hydroxylation sites is 1. The van der Waals surface area contributed by atoms with Gasteiger partial charge >= 0.3 is 6.18 Å². The molecule has 0 fully saturated rings. The summed E-state index contributed by atoms with van der Waals surface area (Å²) < 4.78 is 39.5. The zero-order chi connectivity index (χ0) is 14.2. The van der Waals surface area contributed by atoms with Crippen LogP contribution in [-0.2, 0) is 12.7 Å². The van der Waals surface area contributed by atoms with Gasteiger partial charge in [0.1, 0.15) is 0 Å². The number of halogens is 4. The molecule has 0 aliphatic heterocycles. The summed E-state index contributed by atoms with van der Waals surface area (Å²) in [6.07, 6.45) is -2.33. The number of fused-ring (bicyclic) bond motifs is 1. The van der Waals surface area contributed by atoms with Crippen LogP contribution in [0, 0.1) is 0 Å². The Morgan fingerprint density at radius 3 is 2.19 bits per heavy atom. The first kappa shape index (κ1) is 15.4. The summed E-state index contributed by atoms with van der Waals surface area (Å²) in [4.78, 5) is 0. The predicted molar refractivity (Wildman–Crippen MR) is 79.7 cm³/mol. The average Bonchev–Trinajstić information content (AvgIpc) is 2.82.